The third-order valence-corrected chi connectivity index (χ3v) is 6.49. The number of imide groups is 1. The minimum Gasteiger partial charge on any atom is -0.364 e. The smallest absolute Gasteiger partial charge is 0.277 e. The predicted molar refractivity (Wildman–Crippen MR) is 124 cm³/mol. The predicted octanol–water partition coefficient (Wildman–Crippen LogP) is 3.95. The maximum Gasteiger partial charge on any atom is 0.277 e. The number of amides is 2. The lowest BCUT2D eigenvalue weighted by atomic mass is 10.0. The van der Waals surface area contributed by atoms with Crippen LogP contribution in [0.15, 0.2) is 54.2 Å². The van der Waals surface area contributed by atoms with Crippen LogP contribution < -0.4 is 0 Å². The molecule has 0 bridgehead atoms. The Labute approximate surface area is 192 Å². The van der Waals surface area contributed by atoms with Gasteiger partial charge in [-0.25, -0.2) is 0 Å². The Kier molecular flexibility index (Phi) is 6.65. The number of carbonyl (C=O) groups is 2. The standard InChI is InChI=1S/C24H25Cl2N3O2/c1-2-27-12-14-28(15-13-27)22-21(19-9-8-18(25)16-20(19)26)23(30)29(24(22)31)11-10-17-6-4-3-5-7-17/h3-9,16H,2,10-15H2,1H3. The zero-order valence-electron chi connectivity index (χ0n) is 17.5. The fraction of sp³-hybridized carbons (Fsp3) is 0.333. The monoisotopic (exact) mass is 457 g/mol. The van der Waals surface area contributed by atoms with Gasteiger partial charge in [-0.15, -0.1) is 0 Å². The van der Waals surface area contributed by atoms with Crippen molar-refractivity contribution in [2.24, 2.45) is 0 Å². The van der Waals surface area contributed by atoms with E-state index >= 15 is 0 Å². The van der Waals surface area contributed by atoms with Crippen LogP contribution in [-0.2, 0) is 16.0 Å². The van der Waals surface area contributed by atoms with Crippen molar-refractivity contribution in [1.29, 1.82) is 0 Å². The molecule has 0 unspecified atom stereocenters. The van der Waals surface area contributed by atoms with Crippen molar-refractivity contribution in [3.63, 3.8) is 0 Å². The number of benzene rings is 2. The van der Waals surface area contributed by atoms with E-state index in [0.717, 1.165) is 25.2 Å². The maximum atomic E-state index is 13.5. The number of nitrogens with zero attached hydrogens (tertiary/aromatic N) is 3. The molecular weight excluding hydrogens is 433 g/mol. The first kappa shape index (κ1) is 21.9. The topological polar surface area (TPSA) is 43.9 Å². The summed E-state index contributed by atoms with van der Waals surface area (Å²) >= 11 is 12.5. The van der Waals surface area contributed by atoms with E-state index in [4.69, 9.17) is 23.2 Å². The highest BCUT2D eigenvalue weighted by Gasteiger charge is 2.42. The second-order valence-corrected chi connectivity index (χ2v) is 8.61. The van der Waals surface area contributed by atoms with Crippen LogP contribution in [0.3, 0.4) is 0 Å². The van der Waals surface area contributed by atoms with Crippen molar-refractivity contribution in [1.82, 2.24) is 14.7 Å². The number of rotatable bonds is 6. The van der Waals surface area contributed by atoms with Gasteiger partial charge in [-0.3, -0.25) is 14.5 Å². The summed E-state index contributed by atoms with van der Waals surface area (Å²) in [6.45, 7) is 6.53. The van der Waals surface area contributed by atoms with Crippen molar-refractivity contribution in [2.75, 3.05) is 39.3 Å². The fourth-order valence-corrected chi connectivity index (χ4v) is 4.67. The van der Waals surface area contributed by atoms with Gasteiger partial charge in [0.25, 0.3) is 11.8 Å². The summed E-state index contributed by atoms with van der Waals surface area (Å²) in [4.78, 5) is 32.7. The summed E-state index contributed by atoms with van der Waals surface area (Å²) in [6, 6.07) is 14.9. The Bertz CT molecular complexity index is 1010. The summed E-state index contributed by atoms with van der Waals surface area (Å²) in [5.41, 5.74) is 2.47. The molecule has 162 valence electrons. The lowest BCUT2D eigenvalue weighted by Crippen LogP contribution is -2.47. The third-order valence-electron chi connectivity index (χ3n) is 5.95. The van der Waals surface area contributed by atoms with Crippen LogP contribution in [0.2, 0.25) is 10.0 Å². The Morgan fingerprint density at radius 1 is 0.903 bits per heavy atom. The third kappa shape index (κ3) is 4.49. The number of hydrogen-bond donors (Lipinski definition) is 0. The van der Waals surface area contributed by atoms with Gasteiger partial charge in [0.2, 0.25) is 0 Å². The molecule has 0 spiro atoms. The van der Waals surface area contributed by atoms with Crippen LogP contribution >= 0.6 is 23.2 Å². The summed E-state index contributed by atoms with van der Waals surface area (Å²) < 4.78 is 0. The molecule has 0 atom stereocenters. The van der Waals surface area contributed by atoms with E-state index in [-0.39, 0.29) is 11.8 Å². The molecule has 2 aromatic rings. The molecule has 5 nitrogen and oxygen atoms in total. The molecule has 31 heavy (non-hydrogen) atoms. The molecular formula is C24H25Cl2N3O2. The molecule has 4 rings (SSSR count). The van der Waals surface area contributed by atoms with Gasteiger partial charge in [0.05, 0.1) is 10.6 Å². The molecule has 0 saturated carbocycles. The SMILES string of the molecule is CCN1CCN(C2=C(c3ccc(Cl)cc3Cl)C(=O)N(CCc3ccccc3)C2=O)CC1. The Morgan fingerprint density at radius 2 is 1.61 bits per heavy atom. The average Bonchev–Trinajstić information content (AvgIpc) is 3.02. The summed E-state index contributed by atoms with van der Waals surface area (Å²) in [6.07, 6.45) is 0.608. The molecule has 2 aromatic carbocycles. The van der Waals surface area contributed by atoms with Crippen LogP contribution in [0, 0.1) is 0 Å². The first-order valence-electron chi connectivity index (χ1n) is 10.6. The summed E-state index contributed by atoms with van der Waals surface area (Å²) in [5, 5.41) is 0.864. The van der Waals surface area contributed by atoms with Crippen molar-refractivity contribution in [2.45, 2.75) is 13.3 Å². The molecule has 0 N–H and O–H groups in total. The van der Waals surface area contributed by atoms with Gasteiger partial charge in [-0.2, -0.15) is 0 Å². The van der Waals surface area contributed by atoms with E-state index in [1.165, 1.54) is 4.90 Å². The zero-order chi connectivity index (χ0) is 22.0. The normalized spacial score (nSPS) is 17.8. The largest absolute Gasteiger partial charge is 0.364 e. The van der Waals surface area contributed by atoms with E-state index in [1.54, 1.807) is 18.2 Å². The average molecular weight is 458 g/mol. The first-order chi connectivity index (χ1) is 15.0. The number of hydrogen-bond acceptors (Lipinski definition) is 4. The highest BCUT2D eigenvalue weighted by Crippen LogP contribution is 2.36. The van der Waals surface area contributed by atoms with E-state index < -0.39 is 0 Å². The van der Waals surface area contributed by atoms with Gasteiger partial charge in [0, 0.05) is 43.3 Å². The Hall–Kier alpha value is -2.34. The quantitative estimate of drug-likeness (QED) is 0.615. The van der Waals surface area contributed by atoms with Gasteiger partial charge >= 0.3 is 0 Å². The number of halogens is 2. The molecule has 1 saturated heterocycles. The van der Waals surface area contributed by atoms with Gasteiger partial charge < -0.3 is 9.80 Å². The van der Waals surface area contributed by atoms with Gasteiger partial charge in [0.15, 0.2) is 0 Å². The van der Waals surface area contributed by atoms with Crippen LogP contribution in [0.5, 0.6) is 0 Å². The van der Waals surface area contributed by atoms with Crippen molar-refractivity contribution in [3.05, 3.63) is 75.4 Å². The van der Waals surface area contributed by atoms with E-state index in [0.29, 0.717) is 52.9 Å². The molecule has 2 amide bonds. The van der Waals surface area contributed by atoms with E-state index in [1.807, 2.05) is 35.2 Å². The second kappa shape index (κ2) is 9.43. The lowest BCUT2D eigenvalue weighted by Gasteiger charge is -2.36. The molecule has 7 heteroatoms. The maximum absolute atomic E-state index is 13.5. The number of carbonyl (C=O) groups excluding carboxylic acids is 2. The number of piperazine rings is 1. The molecule has 2 heterocycles. The van der Waals surface area contributed by atoms with Crippen LogP contribution in [0.25, 0.3) is 5.57 Å². The minimum absolute atomic E-state index is 0.244. The molecule has 2 aliphatic heterocycles. The van der Waals surface area contributed by atoms with Gasteiger partial charge in [-0.05, 0) is 30.7 Å². The van der Waals surface area contributed by atoms with Crippen LogP contribution in [0.1, 0.15) is 18.1 Å². The summed E-state index contributed by atoms with van der Waals surface area (Å²) in [7, 11) is 0. The van der Waals surface area contributed by atoms with Gasteiger partial charge in [-0.1, -0.05) is 66.5 Å². The highest BCUT2D eigenvalue weighted by molar-refractivity contribution is 6.41. The van der Waals surface area contributed by atoms with Gasteiger partial charge in [0.1, 0.15) is 5.70 Å². The van der Waals surface area contributed by atoms with Crippen LogP contribution in [-0.4, -0.2) is 65.8 Å². The molecule has 0 aliphatic carbocycles. The fourth-order valence-electron chi connectivity index (χ4n) is 4.17. The summed E-state index contributed by atoms with van der Waals surface area (Å²) in [5.74, 6) is -0.537. The van der Waals surface area contributed by atoms with Crippen molar-refractivity contribution >= 4 is 40.6 Å². The highest BCUT2D eigenvalue weighted by atomic mass is 35.5. The van der Waals surface area contributed by atoms with E-state index in [9.17, 15) is 9.59 Å². The van der Waals surface area contributed by atoms with Crippen molar-refractivity contribution < 1.29 is 9.59 Å². The van der Waals surface area contributed by atoms with Crippen molar-refractivity contribution in [3.8, 4) is 0 Å². The second-order valence-electron chi connectivity index (χ2n) is 7.77. The molecule has 0 radical (unpaired) electrons. The zero-order valence-corrected chi connectivity index (χ0v) is 19.0. The molecule has 0 aromatic heterocycles. The lowest BCUT2D eigenvalue weighted by molar-refractivity contribution is -0.137. The molecule has 2 aliphatic rings. The Morgan fingerprint density at radius 3 is 2.26 bits per heavy atom. The Balaban J connectivity index is 1.67. The van der Waals surface area contributed by atoms with Crippen LogP contribution in [0.4, 0.5) is 0 Å². The first-order valence-corrected chi connectivity index (χ1v) is 11.3. The number of likely N-dealkylation sites (N-methyl/N-ethyl adjacent to an activating group) is 1. The minimum atomic E-state index is -0.293. The molecule has 1 fully saturated rings. The van der Waals surface area contributed by atoms with E-state index in [2.05, 4.69) is 11.8 Å².